The molecular weight excluding hydrogens is 334 g/mol. The van der Waals surface area contributed by atoms with Gasteiger partial charge in [0.05, 0.1) is 23.5 Å². The fourth-order valence-corrected chi connectivity index (χ4v) is 4.30. The van der Waals surface area contributed by atoms with Gasteiger partial charge in [-0.3, -0.25) is 4.79 Å². The van der Waals surface area contributed by atoms with Crippen LogP contribution in [0, 0.1) is 0 Å². The van der Waals surface area contributed by atoms with Crippen LogP contribution < -0.4 is 15.0 Å². The van der Waals surface area contributed by atoms with Crippen LogP contribution in [0.15, 0.2) is 34.2 Å². The van der Waals surface area contributed by atoms with E-state index in [0.29, 0.717) is 42.4 Å². The summed E-state index contributed by atoms with van der Waals surface area (Å²) in [5.74, 6) is 0.965. The summed E-state index contributed by atoms with van der Waals surface area (Å²) in [7, 11) is -3.71. The zero-order chi connectivity index (χ0) is 16.7. The highest BCUT2D eigenvalue weighted by Gasteiger charge is 2.31. The van der Waals surface area contributed by atoms with E-state index in [2.05, 4.69) is 9.97 Å². The highest BCUT2D eigenvalue weighted by molar-refractivity contribution is 7.89. The predicted octanol–water partition coefficient (Wildman–Crippen LogP) is 0.288. The molecule has 4 rings (SSSR count). The Morgan fingerprint density at radius 3 is 2.79 bits per heavy atom. The summed E-state index contributed by atoms with van der Waals surface area (Å²) in [5, 5.41) is 0. The van der Waals surface area contributed by atoms with Crippen molar-refractivity contribution in [3.05, 3.63) is 46.1 Å². The van der Waals surface area contributed by atoms with Gasteiger partial charge in [-0.1, -0.05) is 0 Å². The lowest BCUT2D eigenvalue weighted by atomic mass is 10.1. The van der Waals surface area contributed by atoms with Gasteiger partial charge in [-0.05, 0) is 18.6 Å². The molecule has 0 unspecified atom stereocenters. The molecule has 0 saturated heterocycles. The van der Waals surface area contributed by atoms with Crippen molar-refractivity contribution in [2.75, 3.05) is 19.8 Å². The van der Waals surface area contributed by atoms with Crippen LogP contribution in [-0.2, 0) is 23.0 Å². The van der Waals surface area contributed by atoms with Crippen LogP contribution in [0.4, 0.5) is 0 Å². The number of sulfonamides is 1. The van der Waals surface area contributed by atoms with E-state index in [1.807, 2.05) is 0 Å². The molecule has 3 heterocycles. The summed E-state index contributed by atoms with van der Waals surface area (Å²) in [6.07, 6.45) is 1.63. The molecule has 0 spiro atoms. The fraction of sp³-hybridized carbons (Fsp3) is 0.333. The lowest BCUT2D eigenvalue weighted by Gasteiger charge is -2.27. The number of benzene rings is 1. The molecule has 1 aromatic heterocycles. The van der Waals surface area contributed by atoms with Gasteiger partial charge in [-0.25, -0.2) is 13.4 Å². The second-order valence-corrected chi connectivity index (χ2v) is 7.49. The number of aromatic nitrogens is 2. The van der Waals surface area contributed by atoms with Crippen molar-refractivity contribution in [3.63, 3.8) is 0 Å². The number of hydrogen-bond donors (Lipinski definition) is 1. The summed E-state index contributed by atoms with van der Waals surface area (Å²) in [4.78, 5) is 18.5. The molecule has 24 heavy (non-hydrogen) atoms. The first kappa shape index (κ1) is 15.2. The van der Waals surface area contributed by atoms with Crippen LogP contribution in [0.1, 0.15) is 11.3 Å². The average molecular weight is 349 g/mol. The zero-order valence-corrected chi connectivity index (χ0v) is 13.5. The van der Waals surface area contributed by atoms with E-state index in [1.54, 1.807) is 6.07 Å². The Kier molecular flexibility index (Phi) is 3.54. The fourth-order valence-electron chi connectivity index (χ4n) is 2.88. The minimum absolute atomic E-state index is 0.0794. The largest absolute Gasteiger partial charge is 0.486 e. The molecule has 2 aromatic rings. The average Bonchev–Trinajstić information content (AvgIpc) is 2.61. The van der Waals surface area contributed by atoms with Crippen molar-refractivity contribution in [2.45, 2.75) is 17.9 Å². The molecule has 0 fully saturated rings. The number of hydrogen-bond acceptors (Lipinski definition) is 6. The van der Waals surface area contributed by atoms with Gasteiger partial charge in [0.1, 0.15) is 13.2 Å². The van der Waals surface area contributed by atoms with Crippen molar-refractivity contribution in [3.8, 4) is 11.5 Å². The maximum absolute atomic E-state index is 12.9. The maximum Gasteiger partial charge on any atom is 0.254 e. The molecule has 2 aliphatic rings. The van der Waals surface area contributed by atoms with Gasteiger partial charge in [0.15, 0.2) is 11.5 Å². The number of rotatable bonds is 2. The Morgan fingerprint density at radius 2 is 1.96 bits per heavy atom. The molecule has 1 N–H and O–H groups in total. The van der Waals surface area contributed by atoms with Crippen molar-refractivity contribution in [2.24, 2.45) is 0 Å². The van der Waals surface area contributed by atoms with Crippen LogP contribution in [0.3, 0.4) is 0 Å². The van der Waals surface area contributed by atoms with Crippen molar-refractivity contribution in [1.82, 2.24) is 14.3 Å². The molecule has 0 aliphatic carbocycles. The second kappa shape index (κ2) is 5.60. The molecule has 2 aliphatic heterocycles. The number of nitrogens with zero attached hydrogens (tertiary/aromatic N) is 2. The van der Waals surface area contributed by atoms with E-state index >= 15 is 0 Å². The molecule has 0 saturated carbocycles. The molecule has 8 nitrogen and oxygen atoms in total. The topological polar surface area (TPSA) is 102 Å². The van der Waals surface area contributed by atoms with Gasteiger partial charge in [0.25, 0.3) is 5.56 Å². The van der Waals surface area contributed by atoms with Gasteiger partial charge in [0, 0.05) is 18.2 Å². The Morgan fingerprint density at radius 1 is 1.17 bits per heavy atom. The third-order valence-corrected chi connectivity index (χ3v) is 5.97. The van der Waals surface area contributed by atoms with Crippen LogP contribution in [0.2, 0.25) is 0 Å². The summed E-state index contributed by atoms with van der Waals surface area (Å²) in [6.45, 7) is 1.15. The Balaban J connectivity index is 1.67. The van der Waals surface area contributed by atoms with Gasteiger partial charge >= 0.3 is 0 Å². The van der Waals surface area contributed by atoms with Crippen molar-refractivity contribution < 1.29 is 17.9 Å². The SMILES string of the molecule is O=c1[nH]cnc2c1CCN(S(=O)(=O)c1ccc3c(c1)OCCO3)C2. The first-order valence-electron chi connectivity index (χ1n) is 7.51. The highest BCUT2D eigenvalue weighted by Crippen LogP contribution is 2.33. The van der Waals surface area contributed by atoms with E-state index < -0.39 is 10.0 Å². The summed E-state index contributed by atoms with van der Waals surface area (Å²) < 4.78 is 38.0. The lowest BCUT2D eigenvalue weighted by molar-refractivity contribution is 0.171. The first-order valence-corrected chi connectivity index (χ1v) is 8.95. The van der Waals surface area contributed by atoms with E-state index in [1.165, 1.54) is 22.8 Å². The number of aromatic amines is 1. The quantitative estimate of drug-likeness (QED) is 0.836. The van der Waals surface area contributed by atoms with Crippen molar-refractivity contribution in [1.29, 1.82) is 0 Å². The normalized spacial score (nSPS) is 17.3. The van der Waals surface area contributed by atoms with Crippen LogP contribution in [0.5, 0.6) is 11.5 Å². The minimum atomic E-state index is -3.71. The van der Waals surface area contributed by atoms with E-state index in [9.17, 15) is 13.2 Å². The van der Waals surface area contributed by atoms with E-state index in [0.717, 1.165) is 0 Å². The van der Waals surface area contributed by atoms with Gasteiger partial charge in [-0.15, -0.1) is 0 Å². The summed E-state index contributed by atoms with van der Waals surface area (Å²) >= 11 is 0. The van der Waals surface area contributed by atoms with Gasteiger partial charge in [-0.2, -0.15) is 4.31 Å². The molecule has 0 radical (unpaired) electrons. The lowest BCUT2D eigenvalue weighted by Crippen LogP contribution is -2.38. The standard InChI is InChI=1S/C15H15N3O5S/c19-15-11-3-4-18(8-12(11)16-9-17-15)24(20,21)10-1-2-13-14(7-10)23-6-5-22-13/h1-2,7,9H,3-6,8H2,(H,16,17,19). The third-order valence-electron chi connectivity index (χ3n) is 4.13. The zero-order valence-electron chi connectivity index (χ0n) is 12.7. The number of H-pyrrole nitrogens is 1. The third kappa shape index (κ3) is 2.45. The van der Waals surface area contributed by atoms with E-state index in [-0.39, 0.29) is 23.5 Å². The molecule has 0 bridgehead atoms. The number of nitrogens with one attached hydrogen (secondary N) is 1. The summed E-state index contributed by atoms with van der Waals surface area (Å²) in [6, 6.07) is 4.58. The highest BCUT2D eigenvalue weighted by atomic mass is 32.2. The van der Waals surface area contributed by atoms with Crippen LogP contribution in [-0.4, -0.2) is 42.4 Å². The van der Waals surface area contributed by atoms with Crippen LogP contribution >= 0.6 is 0 Å². The van der Waals surface area contributed by atoms with E-state index in [4.69, 9.17) is 9.47 Å². The Bertz CT molecular complexity index is 954. The molecule has 126 valence electrons. The first-order chi connectivity index (χ1) is 11.6. The van der Waals surface area contributed by atoms with Crippen LogP contribution in [0.25, 0.3) is 0 Å². The Labute approximate surface area is 138 Å². The van der Waals surface area contributed by atoms with Gasteiger partial charge in [0.2, 0.25) is 10.0 Å². The molecule has 0 amide bonds. The minimum Gasteiger partial charge on any atom is -0.486 e. The smallest absolute Gasteiger partial charge is 0.254 e. The molecule has 9 heteroatoms. The van der Waals surface area contributed by atoms with Gasteiger partial charge < -0.3 is 14.5 Å². The molecular formula is C15H15N3O5S. The monoisotopic (exact) mass is 349 g/mol. The van der Waals surface area contributed by atoms with Crippen molar-refractivity contribution >= 4 is 10.0 Å². The Hall–Kier alpha value is -2.39. The summed E-state index contributed by atoms with van der Waals surface area (Å²) in [5.41, 5.74) is 0.827. The predicted molar refractivity (Wildman–Crippen MR) is 83.6 cm³/mol. The number of ether oxygens (including phenoxy) is 2. The molecule has 0 atom stereocenters. The maximum atomic E-state index is 12.9. The number of fused-ring (bicyclic) bond motifs is 2. The second-order valence-electron chi connectivity index (χ2n) is 5.55. The molecule has 1 aromatic carbocycles.